The van der Waals surface area contributed by atoms with Crippen LogP contribution in [0.4, 0.5) is 0 Å². The number of quaternary nitrogens is 1. The van der Waals surface area contributed by atoms with Crippen LogP contribution < -0.4 is 17.0 Å². The molecular formula is C22H47BrClN. The topological polar surface area (TPSA) is 0 Å². The second-order valence-corrected chi connectivity index (χ2v) is 8.75. The molecule has 0 heterocycles. The lowest BCUT2D eigenvalue weighted by Gasteiger charge is -2.28. The van der Waals surface area contributed by atoms with Gasteiger partial charge in [-0.1, -0.05) is 96.8 Å². The maximum Gasteiger partial charge on any atom is 0.0920 e. The zero-order valence-electron chi connectivity index (χ0n) is 17.6. The summed E-state index contributed by atoms with van der Waals surface area (Å²) in [5.41, 5.74) is 0. The van der Waals surface area contributed by atoms with Crippen molar-refractivity contribution in [2.24, 2.45) is 0 Å². The highest BCUT2D eigenvalue weighted by atomic mass is 79.9. The van der Waals surface area contributed by atoms with Gasteiger partial charge in [0.1, 0.15) is 0 Å². The number of alkyl halides is 1. The zero-order valence-corrected chi connectivity index (χ0v) is 20.0. The van der Waals surface area contributed by atoms with Crippen molar-refractivity contribution in [3.63, 3.8) is 0 Å². The van der Waals surface area contributed by atoms with Crippen LogP contribution in [0.5, 0.6) is 0 Å². The van der Waals surface area contributed by atoms with E-state index < -0.39 is 0 Å². The second kappa shape index (κ2) is 21.0. The van der Waals surface area contributed by atoms with E-state index in [0.29, 0.717) is 0 Å². The summed E-state index contributed by atoms with van der Waals surface area (Å²) in [6.45, 7) is 4.68. The summed E-state index contributed by atoms with van der Waals surface area (Å²) in [6, 6.07) is 0. The van der Waals surface area contributed by atoms with Crippen LogP contribution in [0.15, 0.2) is 0 Å². The number of hydrogen-bond acceptors (Lipinski definition) is 0. The first-order chi connectivity index (χ1) is 11.6. The van der Waals surface area contributed by atoms with E-state index in [0.717, 1.165) is 16.9 Å². The lowest BCUT2D eigenvalue weighted by Crippen LogP contribution is -3.00. The molecule has 25 heavy (non-hydrogen) atoms. The van der Waals surface area contributed by atoms with Gasteiger partial charge in [0, 0.05) is 0 Å². The molecule has 154 valence electrons. The third-order valence-corrected chi connectivity index (χ3v) is 5.48. The van der Waals surface area contributed by atoms with Crippen LogP contribution in [-0.2, 0) is 0 Å². The van der Waals surface area contributed by atoms with Crippen molar-refractivity contribution in [2.75, 3.05) is 33.1 Å². The van der Waals surface area contributed by atoms with Crippen molar-refractivity contribution in [3.8, 4) is 0 Å². The molecule has 0 spiro atoms. The quantitative estimate of drug-likeness (QED) is 0.157. The van der Waals surface area contributed by atoms with Gasteiger partial charge in [-0.25, -0.2) is 0 Å². The molecule has 0 bridgehead atoms. The first-order valence-electron chi connectivity index (χ1n) is 11.0. The van der Waals surface area contributed by atoms with Gasteiger partial charge in [-0.3, -0.25) is 0 Å². The van der Waals surface area contributed by atoms with Crippen molar-refractivity contribution >= 4 is 11.6 Å². The molecule has 0 aromatic rings. The van der Waals surface area contributed by atoms with Crippen LogP contribution in [0.1, 0.15) is 110 Å². The normalized spacial score (nSPS) is 11.5. The minimum atomic E-state index is 0. The molecule has 0 unspecified atom stereocenters. The van der Waals surface area contributed by atoms with Gasteiger partial charge in [0.2, 0.25) is 0 Å². The Balaban J connectivity index is 0. The van der Waals surface area contributed by atoms with Crippen molar-refractivity contribution < 1.29 is 21.5 Å². The maximum atomic E-state index is 5.85. The molecule has 0 N–H and O–H groups in total. The predicted molar refractivity (Wildman–Crippen MR) is 112 cm³/mol. The van der Waals surface area contributed by atoms with Crippen molar-refractivity contribution in [3.05, 3.63) is 0 Å². The van der Waals surface area contributed by atoms with E-state index in [9.17, 15) is 0 Å². The van der Waals surface area contributed by atoms with E-state index in [2.05, 4.69) is 21.0 Å². The Bertz CT molecular complexity index is 246. The molecule has 0 rings (SSSR count). The van der Waals surface area contributed by atoms with Gasteiger partial charge in [0.05, 0.1) is 33.1 Å². The highest BCUT2D eigenvalue weighted by molar-refractivity contribution is 6.17. The highest BCUT2D eigenvalue weighted by Gasteiger charge is 2.12. The SMILES string of the molecule is CCCCCCCCCCCCCCCCCC[N+](C)(C)CCCl.[Br-]. The standard InChI is InChI=1S/C22H47ClN.BrH/c1-4-5-6-7-8-9-10-11-12-13-14-15-16-17-18-19-21-24(2,3)22-20-23;/h4-22H2,1-3H3;1H/q+1;/p-1. The monoisotopic (exact) mass is 439 g/mol. The average Bonchev–Trinajstić information content (AvgIpc) is 2.54. The fourth-order valence-electron chi connectivity index (χ4n) is 3.43. The van der Waals surface area contributed by atoms with Crippen LogP contribution in [0, 0.1) is 0 Å². The third kappa shape index (κ3) is 22.7. The minimum absolute atomic E-state index is 0. The lowest BCUT2D eigenvalue weighted by atomic mass is 10.0. The third-order valence-electron chi connectivity index (χ3n) is 5.31. The van der Waals surface area contributed by atoms with Crippen LogP contribution in [0.3, 0.4) is 0 Å². The van der Waals surface area contributed by atoms with Gasteiger partial charge in [0.15, 0.2) is 0 Å². The van der Waals surface area contributed by atoms with E-state index in [4.69, 9.17) is 11.6 Å². The van der Waals surface area contributed by atoms with E-state index in [1.165, 1.54) is 109 Å². The van der Waals surface area contributed by atoms with Gasteiger partial charge in [0.25, 0.3) is 0 Å². The Morgan fingerprint density at radius 1 is 0.520 bits per heavy atom. The summed E-state index contributed by atoms with van der Waals surface area (Å²) < 4.78 is 1.09. The smallest absolute Gasteiger partial charge is 0.0920 e. The van der Waals surface area contributed by atoms with E-state index >= 15 is 0 Å². The van der Waals surface area contributed by atoms with Gasteiger partial charge in [-0.15, -0.1) is 11.6 Å². The number of unbranched alkanes of at least 4 members (excludes halogenated alkanes) is 15. The molecule has 0 aromatic carbocycles. The predicted octanol–water partition coefficient (Wildman–Crippen LogP) is 4.57. The van der Waals surface area contributed by atoms with Gasteiger partial charge >= 0.3 is 0 Å². The Hall–Kier alpha value is 0.730. The van der Waals surface area contributed by atoms with Crippen molar-refractivity contribution in [1.82, 2.24) is 0 Å². The molecule has 0 aliphatic carbocycles. The number of rotatable bonds is 19. The molecule has 0 aliphatic rings. The van der Waals surface area contributed by atoms with E-state index in [1.807, 2.05) is 0 Å². The Morgan fingerprint density at radius 2 is 0.840 bits per heavy atom. The van der Waals surface area contributed by atoms with Crippen molar-refractivity contribution in [1.29, 1.82) is 0 Å². The number of nitrogens with zero attached hydrogens (tertiary/aromatic N) is 1. The molecule has 0 saturated carbocycles. The fraction of sp³-hybridized carbons (Fsp3) is 1.00. The maximum absolute atomic E-state index is 5.85. The zero-order chi connectivity index (χ0) is 17.9. The molecule has 0 fully saturated rings. The van der Waals surface area contributed by atoms with Gasteiger partial charge in [-0.2, -0.15) is 0 Å². The minimum Gasteiger partial charge on any atom is -1.00 e. The molecular weight excluding hydrogens is 394 g/mol. The summed E-state index contributed by atoms with van der Waals surface area (Å²) in [5.74, 6) is 0.784. The van der Waals surface area contributed by atoms with Crippen LogP contribution in [0.25, 0.3) is 0 Å². The summed E-state index contributed by atoms with van der Waals surface area (Å²) in [6.07, 6.45) is 23.1. The molecule has 0 saturated heterocycles. The Morgan fingerprint density at radius 3 is 1.16 bits per heavy atom. The number of halogens is 2. The van der Waals surface area contributed by atoms with E-state index in [-0.39, 0.29) is 17.0 Å². The molecule has 0 atom stereocenters. The van der Waals surface area contributed by atoms with Crippen molar-refractivity contribution in [2.45, 2.75) is 110 Å². The van der Waals surface area contributed by atoms with Gasteiger partial charge in [-0.05, 0) is 12.8 Å². The van der Waals surface area contributed by atoms with Crippen LogP contribution >= 0.6 is 11.6 Å². The summed E-state index contributed by atoms with van der Waals surface area (Å²) >= 11 is 5.85. The molecule has 3 heteroatoms. The first kappa shape index (κ1) is 27.9. The largest absolute Gasteiger partial charge is 1.00 e. The van der Waals surface area contributed by atoms with E-state index in [1.54, 1.807) is 0 Å². The fourth-order valence-corrected chi connectivity index (χ4v) is 3.89. The molecule has 0 aliphatic heterocycles. The lowest BCUT2D eigenvalue weighted by molar-refractivity contribution is -0.888. The number of hydrogen-bond donors (Lipinski definition) is 0. The van der Waals surface area contributed by atoms with Gasteiger partial charge < -0.3 is 21.5 Å². The second-order valence-electron chi connectivity index (χ2n) is 8.38. The Labute approximate surface area is 175 Å². The molecule has 0 aromatic heterocycles. The molecule has 0 radical (unpaired) electrons. The Kier molecular flexibility index (Phi) is 23.5. The first-order valence-corrected chi connectivity index (χ1v) is 11.5. The summed E-state index contributed by atoms with van der Waals surface area (Å²) in [5, 5.41) is 0. The van der Waals surface area contributed by atoms with Crippen LogP contribution in [0.2, 0.25) is 0 Å². The van der Waals surface area contributed by atoms with Crippen LogP contribution in [-0.4, -0.2) is 37.5 Å². The summed E-state index contributed by atoms with van der Waals surface area (Å²) in [4.78, 5) is 0. The highest BCUT2D eigenvalue weighted by Crippen LogP contribution is 2.14. The summed E-state index contributed by atoms with van der Waals surface area (Å²) in [7, 11) is 4.60. The molecule has 0 amide bonds. The molecule has 1 nitrogen and oxygen atoms in total. The average molecular weight is 441 g/mol.